The molecule has 1 N–H and O–H groups in total. The number of rotatable bonds is 4. The lowest BCUT2D eigenvalue weighted by Crippen LogP contribution is -2.03. The smallest absolute Gasteiger partial charge is 0.224 e. The highest BCUT2D eigenvalue weighted by Gasteiger charge is 2.09. The summed E-state index contributed by atoms with van der Waals surface area (Å²) >= 11 is 4.94. The third-order valence-corrected chi connectivity index (χ3v) is 4.23. The highest BCUT2D eigenvalue weighted by molar-refractivity contribution is 9.10. The first-order valence-electron chi connectivity index (χ1n) is 6.56. The summed E-state index contributed by atoms with van der Waals surface area (Å²) in [4.78, 5) is 13.5. The fourth-order valence-electron chi connectivity index (χ4n) is 1.88. The van der Waals surface area contributed by atoms with Crippen LogP contribution in [0.25, 0.3) is 10.9 Å². The Morgan fingerprint density at radius 1 is 1.14 bits per heavy atom. The number of fused-ring (bicyclic) bond motifs is 1. The lowest BCUT2D eigenvalue weighted by atomic mass is 10.2. The molecule has 3 rings (SSSR count). The Labute approximate surface area is 135 Å². The van der Waals surface area contributed by atoms with E-state index in [0.717, 1.165) is 32.0 Å². The van der Waals surface area contributed by atoms with E-state index in [1.807, 2.05) is 43.3 Å². The van der Waals surface area contributed by atoms with Crippen LogP contribution in [-0.2, 0) is 0 Å². The zero-order valence-electron chi connectivity index (χ0n) is 11.4. The van der Waals surface area contributed by atoms with Crippen molar-refractivity contribution in [3.05, 3.63) is 47.1 Å². The molecule has 2 aromatic heterocycles. The maximum absolute atomic E-state index is 4.60. The van der Waals surface area contributed by atoms with Crippen LogP contribution in [0.4, 0.5) is 5.95 Å². The molecule has 3 aromatic rings. The Hall–Kier alpha value is -1.66. The zero-order valence-corrected chi connectivity index (χ0v) is 13.8. The molecule has 6 heteroatoms. The minimum absolute atomic E-state index is 0.649. The minimum atomic E-state index is 0.649. The molecule has 21 heavy (non-hydrogen) atoms. The number of anilines is 1. The first-order valence-corrected chi connectivity index (χ1v) is 8.17. The maximum Gasteiger partial charge on any atom is 0.224 e. The Kier molecular flexibility index (Phi) is 4.36. The van der Waals surface area contributed by atoms with Gasteiger partial charge in [0.05, 0.1) is 5.52 Å². The van der Waals surface area contributed by atoms with Gasteiger partial charge < -0.3 is 5.32 Å². The monoisotopic (exact) mass is 360 g/mol. The second kappa shape index (κ2) is 6.41. The molecule has 0 spiro atoms. The topological polar surface area (TPSA) is 50.7 Å². The van der Waals surface area contributed by atoms with Gasteiger partial charge in [0.15, 0.2) is 0 Å². The first kappa shape index (κ1) is 14.3. The van der Waals surface area contributed by atoms with Crippen LogP contribution >= 0.6 is 27.7 Å². The van der Waals surface area contributed by atoms with Crippen molar-refractivity contribution in [3.8, 4) is 0 Å². The van der Waals surface area contributed by atoms with Crippen molar-refractivity contribution < 1.29 is 0 Å². The number of halogens is 1. The SMILES string of the molecule is CCNc1nc(Sc2ccc(Br)cn2)c2ccccc2n1. The van der Waals surface area contributed by atoms with Gasteiger partial charge in [0.1, 0.15) is 10.1 Å². The molecule has 0 unspecified atom stereocenters. The van der Waals surface area contributed by atoms with Gasteiger partial charge in [0.25, 0.3) is 0 Å². The molecule has 0 radical (unpaired) electrons. The first-order chi connectivity index (χ1) is 10.3. The van der Waals surface area contributed by atoms with Gasteiger partial charge in [-0.3, -0.25) is 0 Å². The van der Waals surface area contributed by atoms with E-state index in [4.69, 9.17) is 0 Å². The second-order valence-electron chi connectivity index (χ2n) is 4.32. The van der Waals surface area contributed by atoms with Gasteiger partial charge in [-0.25, -0.2) is 15.0 Å². The number of hydrogen-bond donors (Lipinski definition) is 1. The molecule has 0 saturated heterocycles. The molecule has 4 nitrogen and oxygen atoms in total. The Morgan fingerprint density at radius 2 is 2.00 bits per heavy atom. The fourth-order valence-corrected chi connectivity index (χ4v) is 2.97. The fraction of sp³-hybridized carbons (Fsp3) is 0.133. The number of benzene rings is 1. The van der Waals surface area contributed by atoms with E-state index in [0.29, 0.717) is 5.95 Å². The summed E-state index contributed by atoms with van der Waals surface area (Å²) in [7, 11) is 0. The molecular formula is C15H13BrN4S. The van der Waals surface area contributed by atoms with Crippen LogP contribution in [0.15, 0.2) is 57.1 Å². The molecule has 2 heterocycles. The lowest BCUT2D eigenvalue weighted by Gasteiger charge is -2.08. The van der Waals surface area contributed by atoms with E-state index in [1.54, 1.807) is 18.0 Å². The Balaban J connectivity index is 2.04. The van der Waals surface area contributed by atoms with Gasteiger partial charge in [-0.1, -0.05) is 18.2 Å². The normalized spacial score (nSPS) is 10.8. The number of pyridine rings is 1. The minimum Gasteiger partial charge on any atom is -0.354 e. The molecule has 0 aliphatic rings. The van der Waals surface area contributed by atoms with Crippen molar-refractivity contribution in [2.45, 2.75) is 17.0 Å². The third kappa shape index (κ3) is 3.33. The number of aromatic nitrogens is 3. The Morgan fingerprint density at radius 3 is 2.76 bits per heavy atom. The summed E-state index contributed by atoms with van der Waals surface area (Å²) in [5.41, 5.74) is 0.933. The third-order valence-electron chi connectivity index (χ3n) is 2.80. The number of nitrogens with zero attached hydrogens (tertiary/aromatic N) is 3. The molecule has 0 aliphatic carbocycles. The molecule has 0 amide bonds. The maximum atomic E-state index is 4.60. The van der Waals surface area contributed by atoms with E-state index in [9.17, 15) is 0 Å². The predicted octanol–water partition coefficient (Wildman–Crippen LogP) is 4.37. The molecule has 0 bridgehead atoms. The second-order valence-corrected chi connectivity index (χ2v) is 6.24. The van der Waals surface area contributed by atoms with Crippen molar-refractivity contribution in [2.75, 3.05) is 11.9 Å². The standard InChI is InChI=1S/C15H13BrN4S/c1-2-17-15-19-12-6-4-3-5-11(12)14(20-15)21-13-8-7-10(16)9-18-13/h3-9H,2H2,1H3,(H,17,19,20). The van der Waals surface area contributed by atoms with Crippen LogP contribution in [0.3, 0.4) is 0 Å². The zero-order chi connectivity index (χ0) is 14.7. The lowest BCUT2D eigenvalue weighted by molar-refractivity contribution is 1.04. The van der Waals surface area contributed by atoms with Gasteiger partial charge in [-0.2, -0.15) is 0 Å². The van der Waals surface area contributed by atoms with E-state index >= 15 is 0 Å². The highest BCUT2D eigenvalue weighted by atomic mass is 79.9. The van der Waals surface area contributed by atoms with Crippen LogP contribution in [0.2, 0.25) is 0 Å². The van der Waals surface area contributed by atoms with E-state index in [-0.39, 0.29) is 0 Å². The number of hydrogen-bond acceptors (Lipinski definition) is 5. The molecule has 0 atom stereocenters. The average Bonchev–Trinajstić information content (AvgIpc) is 2.50. The van der Waals surface area contributed by atoms with E-state index in [2.05, 4.69) is 36.2 Å². The van der Waals surface area contributed by atoms with E-state index < -0.39 is 0 Å². The van der Waals surface area contributed by atoms with Gasteiger partial charge in [-0.05, 0) is 52.8 Å². The number of para-hydroxylation sites is 1. The van der Waals surface area contributed by atoms with Crippen LogP contribution in [0.5, 0.6) is 0 Å². The van der Waals surface area contributed by atoms with Crippen molar-refractivity contribution >= 4 is 44.5 Å². The summed E-state index contributed by atoms with van der Waals surface area (Å²) in [6.07, 6.45) is 1.79. The predicted molar refractivity (Wildman–Crippen MR) is 89.8 cm³/mol. The number of nitrogens with one attached hydrogen (secondary N) is 1. The molecule has 0 aliphatic heterocycles. The summed E-state index contributed by atoms with van der Waals surface area (Å²) < 4.78 is 0.965. The summed E-state index contributed by atoms with van der Waals surface area (Å²) in [5, 5.41) is 6.02. The van der Waals surface area contributed by atoms with Crippen molar-refractivity contribution in [3.63, 3.8) is 0 Å². The summed E-state index contributed by atoms with van der Waals surface area (Å²) in [6, 6.07) is 12.0. The quantitative estimate of drug-likeness (QED) is 0.700. The van der Waals surface area contributed by atoms with Crippen molar-refractivity contribution in [1.29, 1.82) is 0 Å². The Bertz CT molecular complexity index is 761. The van der Waals surface area contributed by atoms with Crippen LogP contribution in [-0.4, -0.2) is 21.5 Å². The average molecular weight is 361 g/mol. The molecular weight excluding hydrogens is 348 g/mol. The van der Waals surface area contributed by atoms with Crippen molar-refractivity contribution in [1.82, 2.24) is 15.0 Å². The highest BCUT2D eigenvalue weighted by Crippen LogP contribution is 2.31. The van der Waals surface area contributed by atoms with E-state index in [1.165, 1.54) is 0 Å². The van der Waals surface area contributed by atoms with Crippen LogP contribution < -0.4 is 5.32 Å². The summed E-state index contributed by atoms with van der Waals surface area (Å²) in [6.45, 7) is 2.82. The van der Waals surface area contributed by atoms with Crippen LogP contribution in [0.1, 0.15) is 6.92 Å². The van der Waals surface area contributed by atoms with Gasteiger partial charge in [0, 0.05) is 22.6 Å². The molecule has 106 valence electrons. The van der Waals surface area contributed by atoms with Crippen LogP contribution in [0, 0.1) is 0 Å². The van der Waals surface area contributed by atoms with Gasteiger partial charge in [-0.15, -0.1) is 0 Å². The van der Waals surface area contributed by atoms with Gasteiger partial charge in [0.2, 0.25) is 5.95 Å². The summed E-state index contributed by atoms with van der Waals surface area (Å²) in [5.74, 6) is 0.649. The largest absolute Gasteiger partial charge is 0.354 e. The molecule has 0 fully saturated rings. The molecule has 0 saturated carbocycles. The molecule has 1 aromatic carbocycles. The van der Waals surface area contributed by atoms with Gasteiger partial charge >= 0.3 is 0 Å². The van der Waals surface area contributed by atoms with Crippen molar-refractivity contribution in [2.24, 2.45) is 0 Å².